The van der Waals surface area contributed by atoms with Crippen LogP contribution in [-0.2, 0) is 10.0 Å². The first-order valence-corrected chi connectivity index (χ1v) is 8.95. The van der Waals surface area contributed by atoms with Crippen LogP contribution in [0.5, 0.6) is 0 Å². The van der Waals surface area contributed by atoms with Crippen molar-refractivity contribution in [2.24, 2.45) is 0 Å². The van der Waals surface area contributed by atoms with Gasteiger partial charge in [-0.15, -0.1) is 11.3 Å². The van der Waals surface area contributed by atoms with E-state index < -0.39 is 10.0 Å². The van der Waals surface area contributed by atoms with Gasteiger partial charge in [0, 0.05) is 24.8 Å². The Hall–Kier alpha value is -1.65. The largest absolute Gasteiger partial charge is 0.371 e. The predicted molar refractivity (Wildman–Crippen MR) is 85.4 cm³/mol. The molecule has 0 aliphatic rings. The first-order valence-electron chi connectivity index (χ1n) is 5.79. The lowest BCUT2D eigenvalue weighted by Gasteiger charge is -2.09. The van der Waals surface area contributed by atoms with Gasteiger partial charge in [0.05, 0.1) is 4.47 Å². The molecule has 0 aromatic carbocycles. The minimum Gasteiger partial charge on any atom is -0.371 e. The molecule has 3 aromatic rings. The predicted octanol–water partition coefficient (Wildman–Crippen LogP) is 2.40. The average Bonchev–Trinajstić information content (AvgIpc) is 3.00. The van der Waals surface area contributed by atoms with Crippen LogP contribution in [0.4, 0.5) is 11.6 Å². The van der Waals surface area contributed by atoms with Crippen molar-refractivity contribution < 1.29 is 8.42 Å². The van der Waals surface area contributed by atoms with E-state index in [9.17, 15) is 8.42 Å². The maximum atomic E-state index is 12.6. The van der Waals surface area contributed by atoms with E-state index in [0.717, 1.165) is 0 Å². The molecule has 0 radical (unpaired) electrons. The number of hydrogen-bond acceptors (Lipinski definition) is 6. The summed E-state index contributed by atoms with van der Waals surface area (Å²) in [6, 6.07) is 3.41. The number of nitrogens with one attached hydrogen (secondary N) is 2. The molecule has 7 nitrogen and oxygen atoms in total. The Labute approximate surface area is 133 Å². The fourth-order valence-corrected chi connectivity index (χ4v) is 4.40. The fourth-order valence-electron chi connectivity index (χ4n) is 1.82. The summed E-state index contributed by atoms with van der Waals surface area (Å²) in [7, 11) is -2.20. The quantitative estimate of drug-likeness (QED) is 0.717. The summed E-state index contributed by atoms with van der Waals surface area (Å²) < 4.78 is 29.8. The van der Waals surface area contributed by atoms with Crippen molar-refractivity contribution in [3.8, 4) is 0 Å². The van der Waals surface area contributed by atoms with E-state index in [2.05, 4.69) is 35.9 Å². The van der Waals surface area contributed by atoms with Crippen molar-refractivity contribution in [3.05, 3.63) is 34.4 Å². The molecule has 3 aromatic heterocycles. The van der Waals surface area contributed by atoms with Gasteiger partial charge in [-0.3, -0.25) is 9.12 Å². The van der Waals surface area contributed by atoms with Crippen LogP contribution in [0.1, 0.15) is 0 Å². The summed E-state index contributed by atoms with van der Waals surface area (Å²) in [6.07, 6.45) is 3.17. The van der Waals surface area contributed by atoms with Gasteiger partial charge in [0.15, 0.2) is 16.6 Å². The number of thiazole rings is 1. The second-order valence-corrected chi connectivity index (χ2v) is 7.34. The van der Waals surface area contributed by atoms with Crippen LogP contribution in [0.2, 0.25) is 0 Å². The smallest absolute Gasteiger partial charge is 0.282 e. The van der Waals surface area contributed by atoms with Gasteiger partial charge in [-0.1, -0.05) is 0 Å². The molecule has 0 fully saturated rings. The molecule has 0 unspecified atom stereocenters. The molecule has 0 amide bonds. The third-order valence-corrected chi connectivity index (χ3v) is 5.46. The van der Waals surface area contributed by atoms with Crippen LogP contribution in [0.25, 0.3) is 4.96 Å². The van der Waals surface area contributed by atoms with E-state index in [-0.39, 0.29) is 10.8 Å². The van der Waals surface area contributed by atoms with Crippen LogP contribution in [-0.4, -0.2) is 29.8 Å². The number of pyridine rings is 1. The summed E-state index contributed by atoms with van der Waals surface area (Å²) in [5.41, 5.74) is 0. The summed E-state index contributed by atoms with van der Waals surface area (Å²) in [5, 5.41) is 4.63. The molecule has 110 valence electrons. The summed E-state index contributed by atoms with van der Waals surface area (Å²) >= 11 is 4.62. The van der Waals surface area contributed by atoms with Crippen LogP contribution < -0.4 is 10.0 Å². The highest BCUT2D eigenvalue weighted by Crippen LogP contribution is 2.28. The monoisotopic (exact) mass is 387 g/mol. The lowest BCUT2D eigenvalue weighted by molar-refractivity contribution is 0.597. The molecule has 10 heteroatoms. The van der Waals surface area contributed by atoms with E-state index >= 15 is 0 Å². The number of rotatable bonds is 4. The van der Waals surface area contributed by atoms with Gasteiger partial charge < -0.3 is 5.32 Å². The number of halogens is 1. The Morgan fingerprint density at radius 1 is 1.38 bits per heavy atom. The van der Waals surface area contributed by atoms with Crippen molar-refractivity contribution in [3.63, 3.8) is 0 Å². The van der Waals surface area contributed by atoms with Gasteiger partial charge in [-0.05, 0) is 28.1 Å². The number of nitrogens with zero attached hydrogens (tertiary/aromatic N) is 3. The van der Waals surface area contributed by atoms with Gasteiger partial charge in [0.2, 0.25) is 5.03 Å². The van der Waals surface area contributed by atoms with Crippen molar-refractivity contribution >= 4 is 53.9 Å². The third kappa shape index (κ3) is 2.49. The van der Waals surface area contributed by atoms with Gasteiger partial charge >= 0.3 is 0 Å². The average molecular weight is 388 g/mol. The Balaban J connectivity index is 2.12. The van der Waals surface area contributed by atoms with E-state index in [1.807, 2.05) is 0 Å². The first kappa shape index (κ1) is 14.3. The highest BCUT2D eigenvalue weighted by atomic mass is 79.9. The Bertz CT molecular complexity index is 902. The molecular weight excluding hydrogens is 378 g/mol. The van der Waals surface area contributed by atoms with Crippen molar-refractivity contribution in [1.82, 2.24) is 14.4 Å². The molecule has 0 spiro atoms. The highest BCUT2D eigenvalue weighted by molar-refractivity contribution is 9.10. The zero-order valence-corrected chi connectivity index (χ0v) is 14.0. The molecule has 21 heavy (non-hydrogen) atoms. The number of fused-ring (bicyclic) bond motifs is 1. The third-order valence-electron chi connectivity index (χ3n) is 2.70. The molecule has 2 N–H and O–H groups in total. The van der Waals surface area contributed by atoms with E-state index in [1.54, 1.807) is 30.8 Å². The van der Waals surface area contributed by atoms with Crippen molar-refractivity contribution in [2.75, 3.05) is 17.1 Å². The lowest BCUT2D eigenvalue weighted by atomic mass is 10.5. The zero-order chi connectivity index (χ0) is 15.0. The normalized spacial score (nSPS) is 11.7. The molecular formula is C11H10BrN5O2S2. The number of hydrogen-bond donors (Lipinski definition) is 2. The first-order chi connectivity index (χ1) is 10.0. The second-order valence-electron chi connectivity index (χ2n) is 4.01. The number of sulfonamides is 1. The Morgan fingerprint density at radius 3 is 2.90 bits per heavy atom. The molecule has 0 aliphatic heterocycles. The molecule has 3 rings (SSSR count). The minimum atomic E-state index is -3.83. The Morgan fingerprint density at radius 2 is 2.19 bits per heavy atom. The molecule has 0 saturated carbocycles. The van der Waals surface area contributed by atoms with Gasteiger partial charge in [0.25, 0.3) is 10.0 Å². The Kier molecular flexibility index (Phi) is 3.59. The fraction of sp³-hybridized carbons (Fsp3) is 0.0909. The molecule has 0 saturated heterocycles. The van der Waals surface area contributed by atoms with Crippen LogP contribution in [0, 0.1) is 0 Å². The van der Waals surface area contributed by atoms with E-state index in [4.69, 9.17) is 0 Å². The molecule has 0 bridgehead atoms. The van der Waals surface area contributed by atoms with Gasteiger partial charge in [-0.2, -0.15) is 8.42 Å². The second kappa shape index (κ2) is 5.28. The highest BCUT2D eigenvalue weighted by Gasteiger charge is 2.26. The van der Waals surface area contributed by atoms with Gasteiger partial charge in [0.1, 0.15) is 0 Å². The summed E-state index contributed by atoms with van der Waals surface area (Å²) in [5.74, 6) is 0.520. The maximum Gasteiger partial charge on any atom is 0.282 e. The van der Waals surface area contributed by atoms with Crippen LogP contribution in [0.15, 0.2) is 39.4 Å². The molecule has 0 atom stereocenters. The van der Waals surface area contributed by atoms with Crippen molar-refractivity contribution in [2.45, 2.75) is 5.03 Å². The summed E-state index contributed by atoms with van der Waals surface area (Å²) in [4.78, 5) is 8.85. The number of aromatic nitrogens is 3. The van der Waals surface area contributed by atoms with Crippen molar-refractivity contribution in [1.29, 1.82) is 0 Å². The minimum absolute atomic E-state index is 0.0544. The van der Waals surface area contributed by atoms with E-state index in [0.29, 0.717) is 15.3 Å². The van der Waals surface area contributed by atoms with E-state index in [1.165, 1.54) is 21.9 Å². The standard InChI is InChI=1S/C11H10BrN5O2S2/c1-13-9-10(17-5-6-20-11(17)15-9)21(18,19)16-8-7(12)3-2-4-14-8/h2-6,13H,1H3,(H,14,16). The SMILES string of the molecule is CNc1nc2sccn2c1S(=O)(=O)Nc1ncccc1Br. The number of anilines is 2. The number of imidazole rings is 1. The van der Waals surface area contributed by atoms with Crippen LogP contribution >= 0.6 is 27.3 Å². The van der Waals surface area contributed by atoms with Crippen LogP contribution in [0.3, 0.4) is 0 Å². The zero-order valence-electron chi connectivity index (χ0n) is 10.7. The molecule has 3 heterocycles. The molecule has 0 aliphatic carbocycles. The summed E-state index contributed by atoms with van der Waals surface area (Å²) in [6.45, 7) is 0. The lowest BCUT2D eigenvalue weighted by Crippen LogP contribution is -2.17. The topological polar surface area (TPSA) is 88.4 Å². The van der Waals surface area contributed by atoms with Gasteiger partial charge in [-0.25, -0.2) is 9.97 Å². The maximum absolute atomic E-state index is 12.6.